The number of H-pyrrole nitrogens is 1. The second-order valence-corrected chi connectivity index (χ2v) is 10.0. The number of nitrogens with one attached hydrogen (secondary N) is 3. The number of aliphatic imine (C=N–C) groups is 1. The Morgan fingerprint density at radius 3 is 2.55 bits per heavy atom. The molecule has 0 bridgehead atoms. The number of rotatable bonds is 5. The van der Waals surface area contributed by atoms with Crippen LogP contribution >= 0.6 is 0 Å². The first kappa shape index (κ1) is 23.9. The number of aromatic nitrogens is 2. The minimum absolute atomic E-state index is 0.285. The van der Waals surface area contributed by atoms with E-state index < -0.39 is 17.4 Å². The molecule has 2 aromatic carbocycles. The molecule has 194 valence electrons. The number of Topliss-reactive ketones (excluding diaryl/α,β-unsaturated/α-hetero) is 1. The van der Waals surface area contributed by atoms with Gasteiger partial charge in [-0.1, -0.05) is 24.3 Å². The van der Waals surface area contributed by atoms with Gasteiger partial charge in [0, 0.05) is 49.5 Å². The Kier molecular flexibility index (Phi) is 5.76. The molecule has 4 heterocycles. The summed E-state index contributed by atoms with van der Waals surface area (Å²) >= 11 is 0. The number of methoxy groups -OCH3 is 1. The number of hydrazine groups is 1. The fraction of sp³-hybridized carbons (Fsp3) is 0.286. The topological polar surface area (TPSA) is 115 Å². The number of fused-ring (bicyclic) bond motifs is 2. The molecule has 4 aromatic rings. The molecule has 0 unspecified atom stereocenters. The van der Waals surface area contributed by atoms with Crippen molar-refractivity contribution in [3.63, 3.8) is 0 Å². The van der Waals surface area contributed by atoms with Gasteiger partial charge in [-0.25, -0.2) is 15.4 Å². The van der Waals surface area contributed by atoms with E-state index >= 15 is 0 Å². The van der Waals surface area contributed by atoms with Crippen molar-refractivity contribution >= 4 is 45.0 Å². The Bertz CT molecular complexity index is 1590. The lowest BCUT2D eigenvalue weighted by Gasteiger charge is -2.35. The monoisotopic (exact) mass is 511 g/mol. The highest BCUT2D eigenvalue weighted by Crippen LogP contribution is 2.33. The minimum Gasteiger partial charge on any atom is -0.496 e. The number of ether oxygens (including phenoxy) is 1. The molecule has 3 N–H and O–H groups in total. The Balaban J connectivity index is 1.24. The molecule has 6 rings (SSSR count). The summed E-state index contributed by atoms with van der Waals surface area (Å²) in [5.74, 6) is 0.967. The Labute approximate surface area is 219 Å². The normalized spacial score (nSPS) is 17.0. The zero-order valence-corrected chi connectivity index (χ0v) is 21.5. The van der Waals surface area contributed by atoms with Crippen LogP contribution in [0.2, 0.25) is 0 Å². The van der Waals surface area contributed by atoms with E-state index in [1.807, 2.05) is 38.1 Å². The maximum absolute atomic E-state index is 13.5. The van der Waals surface area contributed by atoms with Crippen LogP contribution in [0.3, 0.4) is 0 Å². The van der Waals surface area contributed by atoms with Crippen LogP contribution in [0.1, 0.15) is 29.8 Å². The number of piperazine rings is 1. The second kappa shape index (κ2) is 9.14. The van der Waals surface area contributed by atoms with Crippen molar-refractivity contribution in [1.82, 2.24) is 25.7 Å². The smallest absolute Gasteiger partial charge is 0.295 e. The number of hydrogen-bond donors (Lipinski definition) is 3. The average Bonchev–Trinajstić information content (AvgIpc) is 3.55. The number of benzene rings is 2. The van der Waals surface area contributed by atoms with Crippen molar-refractivity contribution in [3.05, 3.63) is 66.0 Å². The van der Waals surface area contributed by atoms with Gasteiger partial charge in [0.25, 0.3) is 11.7 Å². The molecule has 2 aliphatic rings. The lowest BCUT2D eigenvalue weighted by Crippen LogP contribution is -2.50. The summed E-state index contributed by atoms with van der Waals surface area (Å²) in [4.78, 5) is 43.1. The molecular weight excluding hydrogens is 482 g/mol. The third-order valence-electron chi connectivity index (χ3n) is 7.11. The zero-order valence-electron chi connectivity index (χ0n) is 21.5. The lowest BCUT2D eigenvalue weighted by molar-refractivity contribution is -0.126. The molecule has 0 spiro atoms. The van der Waals surface area contributed by atoms with E-state index in [2.05, 4.69) is 42.8 Å². The van der Waals surface area contributed by atoms with Crippen LogP contribution < -0.4 is 20.5 Å². The molecular formula is C28H29N7O3. The van der Waals surface area contributed by atoms with E-state index in [0.29, 0.717) is 48.7 Å². The summed E-state index contributed by atoms with van der Waals surface area (Å²) < 4.78 is 5.57. The molecule has 1 saturated heterocycles. The van der Waals surface area contributed by atoms with Crippen molar-refractivity contribution in [1.29, 1.82) is 0 Å². The van der Waals surface area contributed by atoms with Gasteiger partial charge in [-0.2, -0.15) is 0 Å². The van der Waals surface area contributed by atoms with Gasteiger partial charge in [0.05, 0.1) is 23.6 Å². The second-order valence-electron chi connectivity index (χ2n) is 10.0. The molecule has 1 fully saturated rings. The molecule has 10 heteroatoms. The summed E-state index contributed by atoms with van der Waals surface area (Å²) in [5, 5.41) is 2.76. The van der Waals surface area contributed by atoms with Crippen LogP contribution in [0.25, 0.3) is 21.7 Å². The molecule has 2 aliphatic heterocycles. The van der Waals surface area contributed by atoms with Crippen LogP contribution in [0.5, 0.6) is 5.75 Å². The van der Waals surface area contributed by atoms with Gasteiger partial charge in [-0.15, -0.1) is 0 Å². The van der Waals surface area contributed by atoms with Gasteiger partial charge in [-0.3, -0.25) is 9.59 Å². The summed E-state index contributed by atoms with van der Waals surface area (Å²) in [5.41, 5.74) is 7.50. The van der Waals surface area contributed by atoms with Crippen LogP contribution in [0.15, 0.2) is 59.9 Å². The summed E-state index contributed by atoms with van der Waals surface area (Å²) in [6, 6.07) is 13.8. The first-order valence-corrected chi connectivity index (χ1v) is 12.6. The highest BCUT2D eigenvalue weighted by atomic mass is 16.5. The van der Waals surface area contributed by atoms with Crippen molar-refractivity contribution in [2.24, 2.45) is 4.99 Å². The van der Waals surface area contributed by atoms with Crippen LogP contribution in [0, 0.1) is 0 Å². The molecule has 0 radical (unpaired) electrons. The van der Waals surface area contributed by atoms with Gasteiger partial charge in [0.1, 0.15) is 23.1 Å². The number of hydrogen-bond acceptors (Lipinski definition) is 8. The molecule has 38 heavy (non-hydrogen) atoms. The van der Waals surface area contributed by atoms with Gasteiger partial charge >= 0.3 is 0 Å². The number of amidine groups is 1. The summed E-state index contributed by atoms with van der Waals surface area (Å²) in [7, 11) is 1.55. The van der Waals surface area contributed by atoms with Gasteiger partial charge in [0.15, 0.2) is 0 Å². The predicted molar refractivity (Wildman–Crippen MR) is 147 cm³/mol. The van der Waals surface area contributed by atoms with Gasteiger partial charge in [0.2, 0.25) is 0 Å². The SMILES string of the molecule is COc1ccc(C2=NC(C)(C)NN2)c2[nH]cc(C(=O)C(=O)N3CCN(c4nccc5ccccc45)CC3)c12. The fourth-order valence-electron chi connectivity index (χ4n) is 5.17. The Morgan fingerprint density at radius 2 is 1.82 bits per heavy atom. The Hall–Kier alpha value is -4.44. The standard InChI is InChI=1S/C28H29N7O3/c1-28(2)31-25(32-33-28)19-8-9-21(38-3)22-20(16-30-23(19)22)24(36)27(37)35-14-12-34(13-15-35)26-18-7-5-4-6-17(18)10-11-29-26/h4-11,16,30,33H,12-15H2,1-3H3,(H,31,32). The van der Waals surface area contributed by atoms with Crippen molar-refractivity contribution in [2.45, 2.75) is 19.5 Å². The number of aromatic amines is 1. The molecule has 2 aromatic heterocycles. The number of amides is 1. The van der Waals surface area contributed by atoms with Crippen LogP contribution in [-0.4, -0.2) is 71.3 Å². The first-order chi connectivity index (χ1) is 18.4. The average molecular weight is 512 g/mol. The van der Waals surface area contributed by atoms with Crippen LogP contribution in [-0.2, 0) is 4.79 Å². The Morgan fingerprint density at radius 1 is 1.03 bits per heavy atom. The zero-order chi connectivity index (χ0) is 26.4. The highest BCUT2D eigenvalue weighted by molar-refractivity contribution is 6.45. The third kappa shape index (κ3) is 4.03. The van der Waals surface area contributed by atoms with E-state index in [1.165, 1.54) is 0 Å². The van der Waals surface area contributed by atoms with E-state index in [4.69, 9.17) is 4.74 Å². The number of carbonyl (C=O) groups excluding carboxylic acids is 2. The van der Waals surface area contributed by atoms with E-state index in [1.54, 1.807) is 30.5 Å². The number of pyridine rings is 1. The predicted octanol–water partition coefficient (Wildman–Crippen LogP) is 2.85. The third-order valence-corrected chi connectivity index (χ3v) is 7.11. The largest absolute Gasteiger partial charge is 0.496 e. The molecule has 0 saturated carbocycles. The van der Waals surface area contributed by atoms with Crippen molar-refractivity contribution in [3.8, 4) is 5.75 Å². The maximum atomic E-state index is 13.5. The summed E-state index contributed by atoms with van der Waals surface area (Å²) in [6.45, 7) is 5.95. The minimum atomic E-state index is -0.566. The maximum Gasteiger partial charge on any atom is 0.295 e. The van der Waals surface area contributed by atoms with Gasteiger partial charge < -0.3 is 24.9 Å². The molecule has 0 aliphatic carbocycles. The molecule has 0 atom stereocenters. The van der Waals surface area contributed by atoms with Crippen LogP contribution in [0.4, 0.5) is 5.82 Å². The molecule has 1 amide bonds. The lowest BCUT2D eigenvalue weighted by atomic mass is 10.0. The number of anilines is 1. The number of nitrogens with zero attached hydrogens (tertiary/aromatic N) is 4. The number of carbonyl (C=O) groups is 2. The first-order valence-electron chi connectivity index (χ1n) is 12.6. The molecule has 10 nitrogen and oxygen atoms in total. The van der Waals surface area contributed by atoms with Crippen molar-refractivity contribution < 1.29 is 14.3 Å². The number of ketones is 1. The van der Waals surface area contributed by atoms with E-state index in [9.17, 15) is 9.59 Å². The van der Waals surface area contributed by atoms with E-state index in [-0.39, 0.29) is 5.56 Å². The fourth-order valence-corrected chi connectivity index (χ4v) is 5.17. The van der Waals surface area contributed by atoms with Crippen molar-refractivity contribution in [2.75, 3.05) is 38.2 Å². The quantitative estimate of drug-likeness (QED) is 0.279. The van der Waals surface area contributed by atoms with E-state index in [0.717, 1.165) is 22.2 Å². The summed E-state index contributed by atoms with van der Waals surface area (Å²) in [6.07, 6.45) is 3.39. The highest BCUT2D eigenvalue weighted by Gasteiger charge is 2.32. The van der Waals surface area contributed by atoms with Gasteiger partial charge in [-0.05, 0) is 37.4 Å².